The molecule has 16 heavy (non-hydrogen) atoms. The molecule has 1 unspecified atom stereocenters. The smallest absolute Gasteiger partial charge is 0.0468 e. The Balaban J connectivity index is 1.91. The number of rotatable bonds is 3. The molecule has 0 aliphatic carbocycles. The van der Waals surface area contributed by atoms with Crippen molar-refractivity contribution in [1.82, 2.24) is 0 Å². The second-order valence-electron chi connectivity index (χ2n) is 4.45. The van der Waals surface area contributed by atoms with Gasteiger partial charge in [-0.2, -0.15) is 0 Å². The summed E-state index contributed by atoms with van der Waals surface area (Å²) in [6.07, 6.45) is 3.39. The predicted molar refractivity (Wildman–Crippen MR) is 69.2 cm³/mol. The molecule has 0 saturated carbocycles. The van der Waals surface area contributed by atoms with E-state index in [4.69, 9.17) is 10.5 Å². The van der Waals surface area contributed by atoms with Crippen LogP contribution in [0, 0.1) is 5.92 Å². The van der Waals surface area contributed by atoms with Crippen molar-refractivity contribution < 1.29 is 4.74 Å². The van der Waals surface area contributed by atoms with Crippen molar-refractivity contribution in [2.45, 2.75) is 25.3 Å². The van der Waals surface area contributed by atoms with Crippen LogP contribution >= 0.6 is 15.9 Å². The summed E-state index contributed by atoms with van der Waals surface area (Å²) in [5, 5.41) is 0. The molecule has 1 atom stereocenters. The average Bonchev–Trinajstić information content (AvgIpc) is 2.31. The van der Waals surface area contributed by atoms with E-state index in [0.717, 1.165) is 42.9 Å². The maximum atomic E-state index is 6.22. The van der Waals surface area contributed by atoms with Crippen molar-refractivity contribution in [1.29, 1.82) is 0 Å². The lowest BCUT2D eigenvalue weighted by Crippen LogP contribution is -2.21. The number of benzene rings is 1. The Hall–Kier alpha value is -0.380. The molecule has 1 aliphatic heterocycles. The molecule has 1 aromatic rings. The first-order chi connectivity index (χ1) is 7.75. The SMILES string of the molecule is NC(CC1CCOCC1)c1ccc(Br)cc1. The minimum atomic E-state index is 0.163. The number of hydrogen-bond donors (Lipinski definition) is 1. The van der Waals surface area contributed by atoms with E-state index in [1.165, 1.54) is 5.56 Å². The molecule has 1 fully saturated rings. The molecule has 0 radical (unpaired) electrons. The van der Waals surface area contributed by atoms with Gasteiger partial charge in [0.15, 0.2) is 0 Å². The van der Waals surface area contributed by atoms with Crippen molar-refractivity contribution in [2.75, 3.05) is 13.2 Å². The second-order valence-corrected chi connectivity index (χ2v) is 5.37. The number of ether oxygens (including phenoxy) is 1. The van der Waals surface area contributed by atoms with Gasteiger partial charge >= 0.3 is 0 Å². The highest BCUT2D eigenvalue weighted by Crippen LogP contribution is 2.26. The molecule has 3 heteroatoms. The summed E-state index contributed by atoms with van der Waals surface area (Å²) in [6, 6.07) is 8.48. The minimum Gasteiger partial charge on any atom is -0.381 e. The molecule has 0 spiro atoms. The minimum absolute atomic E-state index is 0.163. The first-order valence-corrected chi connectivity index (χ1v) is 6.64. The molecular weight excluding hydrogens is 266 g/mol. The van der Waals surface area contributed by atoms with E-state index in [1.807, 2.05) is 0 Å². The average molecular weight is 284 g/mol. The van der Waals surface area contributed by atoms with Crippen LogP contribution in [-0.2, 0) is 4.74 Å². The van der Waals surface area contributed by atoms with Gasteiger partial charge in [0, 0.05) is 23.7 Å². The fourth-order valence-electron chi connectivity index (χ4n) is 2.19. The summed E-state index contributed by atoms with van der Waals surface area (Å²) < 4.78 is 6.46. The molecule has 0 amide bonds. The zero-order valence-electron chi connectivity index (χ0n) is 9.36. The number of halogens is 1. The van der Waals surface area contributed by atoms with Gasteiger partial charge in [-0.25, -0.2) is 0 Å². The van der Waals surface area contributed by atoms with Crippen LogP contribution in [-0.4, -0.2) is 13.2 Å². The lowest BCUT2D eigenvalue weighted by atomic mass is 9.90. The maximum absolute atomic E-state index is 6.22. The largest absolute Gasteiger partial charge is 0.381 e. The van der Waals surface area contributed by atoms with Crippen LogP contribution in [0.3, 0.4) is 0 Å². The van der Waals surface area contributed by atoms with Gasteiger partial charge in [-0.15, -0.1) is 0 Å². The molecule has 0 aromatic heterocycles. The maximum Gasteiger partial charge on any atom is 0.0468 e. The van der Waals surface area contributed by atoms with Gasteiger partial charge in [-0.1, -0.05) is 28.1 Å². The van der Waals surface area contributed by atoms with E-state index in [2.05, 4.69) is 40.2 Å². The van der Waals surface area contributed by atoms with Crippen LogP contribution in [0.25, 0.3) is 0 Å². The molecule has 0 bridgehead atoms. The van der Waals surface area contributed by atoms with Crippen LogP contribution in [0.4, 0.5) is 0 Å². The predicted octanol–water partition coefficient (Wildman–Crippen LogP) is 3.27. The van der Waals surface area contributed by atoms with Crippen molar-refractivity contribution >= 4 is 15.9 Å². The zero-order chi connectivity index (χ0) is 11.4. The van der Waals surface area contributed by atoms with E-state index in [0.29, 0.717) is 0 Å². The van der Waals surface area contributed by atoms with Crippen molar-refractivity contribution in [2.24, 2.45) is 11.7 Å². The van der Waals surface area contributed by atoms with Gasteiger partial charge in [-0.05, 0) is 42.9 Å². The standard InChI is InChI=1S/C13H18BrNO/c14-12-3-1-11(2-4-12)13(15)9-10-5-7-16-8-6-10/h1-4,10,13H,5-9,15H2. The highest BCUT2D eigenvalue weighted by molar-refractivity contribution is 9.10. The Kier molecular flexibility index (Phi) is 4.38. The van der Waals surface area contributed by atoms with Gasteiger partial charge in [0.25, 0.3) is 0 Å². The fraction of sp³-hybridized carbons (Fsp3) is 0.538. The lowest BCUT2D eigenvalue weighted by Gasteiger charge is -2.25. The Labute approximate surface area is 105 Å². The lowest BCUT2D eigenvalue weighted by molar-refractivity contribution is 0.0618. The molecule has 88 valence electrons. The van der Waals surface area contributed by atoms with Gasteiger partial charge in [0.2, 0.25) is 0 Å². The third kappa shape index (κ3) is 3.30. The van der Waals surface area contributed by atoms with Crippen LogP contribution in [0.5, 0.6) is 0 Å². The van der Waals surface area contributed by atoms with E-state index in [9.17, 15) is 0 Å². The highest BCUT2D eigenvalue weighted by atomic mass is 79.9. The summed E-state index contributed by atoms with van der Waals surface area (Å²) in [5.74, 6) is 0.729. The first-order valence-electron chi connectivity index (χ1n) is 5.84. The molecule has 1 aromatic carbocycles. The van der Waals surface area contributed by atoms with Crippen LogP contribution in [0.15, 0.2) is 28.7 Å². The molecule has 2 nitrogen and oxygen atoms in total. The summed E-state index contributed by atoms with van der Waals surface area (Å²) in [6.45, 7) is 1.80. The quantitative estimate of drug-likeness (QED) is 0.924. The molecular formula is C13H18BrNO. The normalized spacial score (nSPS) is 19.6. The van der Waals surface area contributed by atoms with E-state index in [1.54, 1.807) is 0 Å². The molecule has 1 heterocycles. The van der Waals surface area contributed by atoms with Crippen LogP contribution in [0.2, 0.25) is 0 Å². The summed E-state index contributed by atoms with van der Waals surface area (Å²) >= 11 is 3.44. The third-order valence-electron chi connectivity index (χ3n) is 3.23. The Bertz CT molecular complexity index is 319. The number of nitrogens with two attached hydrogens (primary N) is 1. The highest BCUT2D eigenvalue weighted by Gasteiger charge is 2.17. The van der Waals surface area contributed by atoms with Gasteiger partial charge in [0.05, 0.1) is 0 Å². The Morgan fingerprint density at radius 3 is 2.50 bits per heavy atom. The molecule has 2 N–H and O–H groups in total. The van der Waals surface area contributed by atoms with Gasteiger partial charge in [-0.3, -0.25) is 0 Å². The Morgan fingerprint density at radius 1 is 1.25 bits per heavy atom. The number of hydrogen-bond acceptors (Lipinski definition) is 2. The summed E-state index contributed by atoms with van der Waals surface area (Å²) in [5.41, 5.74) is 7.45. The van der Waals surface area contributed by atoms with E-state index < -0.39 is 0 Å². The van der Waals surface area contributed by atoms with Gasteiger partial charge in [0.1, 0.15) is 0 Å². The van der Waals surface area contributed by atoms with Crippen molar-refractivity contribution in [3.05, 3.63) is 34.3 Å². The molecule has 1 aliphatic rings. The second kappa shape index (κ2) is 5.80. The zero-order valence-corrected chi connectivity index (χ0v) is 10.9. The fourth-order valence-corrected chi connectivity index (χ4v) is 2.45. The van der Waals surface area contributed by atoms with E-state index >= 15 is 0 Å². The first kappa shape index (κ1) is 12.1. The summed E-state index contributed by atoms with van der Waals surface area (Å²) in [7, 11) is 0. The monoisotopic (exact) mass is 283 g/mol. The van der Waals surface area contributed by atoms with E-state index in [-0.39, 0.29) is 6.04 Å². The van der Waals surface area contributed by atoms with Crippen LogP contribution in [0.1, 0.15) is 30.9 Å². The Morgan fingerprint density at radius 2 is 1.88 bits per heavy atom. The van der Waals surface area contributed by atoms with Crippen molar-refractivity contribution in [3.63, 3.8) is 0 Å². The third-order valence-corrected chi connectivity index (χ3v) is 3.75. The molecule has 2 rings (SSSR count). The van der Waals surface area contributed by atoms with Gasteiger partial charge < -0.3 is 10.5 Å². The van der Waals surface area contributed by atoms with Crippen LogP contribution < -0.4 is 5.73 Å². The molecule has 1 saturated heterocycles. The summed E-state index contributed by atoms with van der Waals surface area (Å²) in [4.78, 5) is 0. The van der Waals surface area contributed by atoms with Crippen molar-refractivity contribution in [3.8, 4) is 0 Å². The topological polar surface area (TPSA) is 35.2 Å².